The molecule has 1 heterocycles. The van der Waals surface area contributed by atoms with Gasteiger partial charge in [-0.2, -0.15) is 5.10 Å². The first-order valence-corrected chi connectivity index (χ1v) is 10.5. The predicted octanol–water partition coefficient (Wildman–Crippen LogP) is 4.32. The van der Waals surface area contributed by atoms with Crippen LogP contribution in [0.3, 0.4) is 0 Å². The molecule has 3 rings (SSSR count). The Labute approximate surface area is 187 Å². The topological polar surface area (TPSA) is 93.1 Å². The molecule has 1 atom stereocenters. The molecule has 2 amide bonds. The van der Waals surface area contributed by atoms with Crippen LogP contribution in [0, 0.1) is 19.8 Å². The molecule has 0 aliphatic rings. The van der Waals surface area contributed by atoms with Crippen LogP contribution in [0.2, 0.25) is 0 Å². The number of carbonyl (C=O) groups is 2. The number of anilines is 2. The summed E-state index contributed by atoms with van der Waals surface area (Å²) in [5.41, 5.74) is 4.23. The highest BCUT2D eigenvalue weighted by molar-refractivity contribution is 5.94. The minimum absolute atomic E-state index is 0.0791. The number of amides is 2. The molecule has 0 aliphatic heterocycles. The molecule has 0 fully saturated rings. The SMILES string of the molecule is Cc1ccc(NC(=O)C(C)n2nc(-c3ccc(C)c(NC(=O)C(C)C)c3)ccc2=O)cc1. The fraction of sp³-hybridized carbons (Fsp3) is 0.280. The Morgan fingerprint density at radius 3 is 2.22 bits per heavy atom. The standard InChI is InChI=1S/C25H28N4O3/c1-15(2)24(31)27-22-14-19(9-8-17(22)4)21-12-13-23(30)29(28-21)18(5)25(32)26-20-10-6-16(3)7-11-20/h6-15,18H,1-5H3,(H,26,32)(H,27,31). The summed E-state index contributed by atoms with van der Waals surface area (Å²) in [6.07, 6.45) is 0. The van der Waals surface area contributed by atoms with Crippen LogP contribution >= 0.6 is 0 Å². The Morgan fingerprint density at radius 1 is 0.875 bits per heavy atom. The van der Waals surface area contributed by atoms with Crippen molar-refractivity contribution in [2.45, 2.75) is 40.7 Å². The van der Waals surface area contributed by atoms with E-state index in [-0.39, 0.29) is 23.3 Å². The summed E-state index contributed by atoms with van der Waals surface area (Å²) in [5, 5.41) is 10.2. The maximum absolute atomic E-state index is 12.7. The zero-order chi connectivity index (χ0) is 23.4. The molecule has 7 heteroatoms. The summed E-state index contributed by atoms with van der Waals surface area (Å²) >= 11 is 0. The number of aryl methyl sites for hydroxylation is 2. The third-order valence-corrected chi connectivity index (χ3v) is 5.21. The van der Waals surface area contributed by atoms with Gasteiger partial charge in [0.25, 0.3) is 5.56 Å². The molecule has 0 saturated carbocycles. The van der Waals surface area contributed by atoms with E-state index in [1.165, 1.54) is 10.7 Å². The highest BCUT2D eigenvalue weighted by atomic mass is 16.2. The largest absolute Gasteiger partial charge is 0.326 e. The molecule has 0 radical (unpaired) electrons. The molecule has 7 nitrogen and oxygen atoms in total. The molecular formula is C25H28N4O3. The van der Waals surface area contributed by atoms with E-state index < -0.39 is 6.04 Å². The van der Waals surface area contributed by atoms with E-state index in [2.05, 4.69) is 15.7 Å². The summed E-state index contributed by atoms with van der Waals surface area (Å²) in [5.74, 6) is -0.565. The summed E-state index contributed by atoms with van der Waals surface area (Å²) in [6, 6.07) is 15.2. The van der Waals surface area contributed by atoms with Crippen LogP contribution < -0.4 is 16.2 Å². The lowest BCUT2D eigenvalue weighted by Crippen LogP contribution is -2.33. The van der Waals surface area contributed by atoms with Crippen LogP contribution in [0.25, 0.3) is 11.3 Å². The van der Waals surface area contributed by atoms with E-state index >= 15 is 0 Å². The first kappa shape index (κ1) is 22.9. The van der Waals surface area contributed by atoms with Crippen LogP contribution in [0.5, 0.6) is 0 Å². The van der Waals surface area contributed by atoms with Gasteiger partial charge in [-0.25, -0.2) is 4.68 Å². The van der Waals surface area contributed by atoms with Crippen molar-refractivity contribution in [3.8, 4) is 11.3 Å². The second kappa shape index (κ2) is 9.60. The lowest BCUT2D eigenvalue weighted by Gasteiger charge is -2.16. The first-order chi connectivity index (χ1) is 15.2. The molecule has 1 aromatic heterocycles. The lowest BCUT2D eigenvalue weighted by atomic mass is 10.1. The summed E-state index contributed by atoms with van der Waals surface area (Å²) < 4.78 is 1.17. The Balaban J connectivity index is 1.88. The number of aromatic nitrogens is 2. The molecule has 32 heavy (non-hydrogen) atoms. The molecule has 0 bridgehead atoms. The average Bonchev–Trinajstić information content (AvgIpc) is 2.76. The second-order valence-corrected chi connectivity index (χ2v) is 8.21. The maximum atomic E-state index is 12.7. The minimum Gasteiger partial charge on any atom is -0.326 e. The number of rotatable bonds is 6. The van der Waals surface area contributed by atoms with Crippen LogP contribution in [0.15, 0.2) is 59.4 Å². The summed E-state index contributed by atoms with van der Waals surface area (Å²) in [4.78, 5) is 37.3. The number of nitrogens with zero attached hydrogens (tertiary/aromatic N) is 2. The maximum Gasteiger partial charge on any atom is 0.267 e. The van der Waals surface area contributed by atoms with Crippen LogP contribution in [0.1, 0.15) is 37.9 Å². The van der Waals surface area contributed by atoms with Gasteiger partial charge in [-0.1, -0.05) is 43.7 Å². The number of hydrogen-bond donors (Lipinski definition) is 2. The molecule has 3 aromatic rings. The van der Waals surface area contributed by atoms with Crippen molar-refractivity contribution >= 4 is 23.2 Å². The number of benzene rings is 2. The molecule has 166 valence electrons. The van der Waals surface area contributed by atoms with Gasteiger partial charge in [0.1, 0.15) is 6.04 Å². The van der Waals surface area contributed by atoms with E-state index in [0.717, 1.165) is 16.7 Å². The van der Waals surface area contributed by atoms with E-state index in [9.17, 15) is 14.4 Å². The van der Waals surface area contributed by atoms with Crippen LogP contribution in [-0.4, -0.2) is 21.6 Å². The smallest absolute Gasteiger partial charge is 0.267 e. The fourth-order valence-corrected chi connectivity index (χ4v) is 3.04. The van der Waals surface area contributed by atoms with Crippen molar-refractivity contribution in [3.63, 3.8) is 0 Å². The van der Waals surface area contributed by atoms with Crippen molar-refractivity contribution in [1.29, 1.82) is 0 Å². The first-order valence-electron chi connectivity index (χ1n) is 10.5. The van der Waals surface area contributed by atoms with Gasteiger partial charge in [0.15, 0.2) is 0 Å². The normalized spacial score (nSPS) is 11.8. The average molecular weight is 433 g/mol. The minimum atomic E-state index is -0.811. The summed E-state index contributed by atoms with van der Waals surface area (Å²) in [7, 11) is 0. The fourth-order valence-electron chi connectivity index (χ4n) is 3.04. The van der Waals surface area contributed by atoms with E-state index in [1.807, 2.05) is 70.2 Å². The Bertz CT molecular complexity index is 1200. The monoisotopic (exact) mass is 432 g/mol. The molecule has 1 unspecified atom stereocenters. The highest BCUT2D eigenvalue weighted by Gasteiger charge is 2.19. The van der Waals surface area contributed by atoms with Gasteiger partial charge in [-0.05, 0) is 50.6 Å². The van der Waals surface area contributed by atoms with Crippen molar-refractivity contribution in [1.82, 2.24) is 9.78 Å². The van der Waals surface area contributed by atoms with Gasteiger partial charge >= 0.3 is 0 Å². The van der Waals surface area contributed by atoms with Crippen molar-refractivity contribution in [2.75, 3.05) is 10.6 Å². The van der Waals surface area contributed by atoms with Gasteiger partial charge in [0.05, 0.1) is 5.69 Å². The molecule has 0 saturated heterocycles. The molecule has 0 aliphatic carbocycles. The zero-order valence-corrected chi connectivity index (χ0v) is 19.0. The number of hydrogen-bond acceptors (Lipinski definition) is 4. The zero-order valence-electron chi connectivity index (χ0n) is 19.0. The summed E-state index contributed by atoms with van der Waals surface area (Å²) in [6.45, 7) is 9.16. The highest BCUT2D eigenvalue weighted by Crippen LogP contribution is 2.24. The number of carbonyl (C=O) groups excluding carboxylic acids is 2. The molecular weight excluding hydrogens is 404 g/mol. The van der Waals surface area contributed by atoms with Crippen LogP contribution in [0.4, 0.5) is 11.4 Å². The Kier molecular flexibility index (Phi) is 6.88. The quantitative estimate of drug-likeness (QED) is 0.607. The van der Waals surface area contributed by atoms with E-state index in [1.54, 1.807) is 13.0 Å². The van der Waals surface area contributed by atoms with Crippen molar-refractivity contribution in [2.24, 2.45) is 5.92 Å². The van der Waals surface area contributed by atoms with E-state index in [0.29, 0.717) is 17.1 Å². The van der Waals surface area contributed by atoms with Crippen LogP contribution in [-0.2, 0) is 9.59 Å². The Morgan fingerprint density at radius 2 is 1.56 bits per heavy atom. The third kappa shape index (κ3) is 5.29. The van der Waals surface area contributed by atoms with Crippen molar-refractivity contribution < 1.29 is 9.59 Å². The lowest BCUT2D eigenvalue weighted by molar-refractivity contribution is -0.119. The molecule has 2 N–H and O–H groups in total. The van der Waals surface area contributed by atoms with Crippen molar-refractivity contribution in [3.05, 3.63) is 76.1 Å². The molecule has 0 spiro atoms. The van der Waals surface area contributed by atoms with Gasteiger partial charge in [0, 0.05) is 28.9 Å². The van der Waals surface area contributed by atoms with Gasteiger partial charge in [-0.3, -0.25) is 14.4 Å². The predicted molar refractivity (Wildman–Crippen MR) is 127 cm³/mol. The second-order valence-electron chi connectivity index (χ2n) is 8.21. The third-order valence-electron chi connectivity index (χ3n) is 5.21. The number of nitrogens with one attached hydrogen (secondary N) is 2. The van der Waals surface area contributed by atoms with Gasteiger partial charge in [0.2, 0.25) is 11.8 Å². The van der Waals surface area contributed by atoms with E-state index in [4.69, 9.17) is 0 Å². The Hall–Kier alpha value is -3.74. The molecule has 2 aromatic carbocycles. The van der Waals surface area contributed by atoms with Gasteiger partial charge in [-0.15, -0.1) is 0 Å². The van der Waals surface area contributed by atoms with Gasteiger partial charge < -0.3 is 10.6 Å².